The molecule has 1 aromatic rings. The summed E-state index contributed by atoms with van der Waals surface area (Å²) in [7, 11) is 1.80. The third kappa shape index (κ3) is 3.50. The van der Waals surface area contributed by atoms with Crippen LogP contribution in [0, 0.1) is 11.3 Å². The van der Waals surface area contributed by atoms with Crippen molar-refractivity contribution >= 4 is 11.9 Å². The molecule has 0 aromatic heterocycles. The molecule has 1 aliphatic carbocycles. The van der Waals surface area contributed by atoms with Crippen molar-refractivity contribution in [3.63, 3.8) is 0 Å². The van der Waals surface area contributed by atoms with Gasteiger partial charge in [0.1, 0.15) is 0 Å². The van der Waals surface area contributed by atoms with Crippen LogP contribution in [0.4, 0.5) is 0 Å². The number of rotatable bonds is 5. The van der Waals surface area contributed by atoms with Crippen molar-refractivity contribution in [2.24, 2.45) is 16.3 Å². The fraction of sp³-hybridized carbons (Fsp3) is 0.636. The summed E-state index contributed by atoms with van der Waals surface area (Å²) in [6.07, 6.45) is 2.85. The molecule has 0 radical (unpaired) electrons. The molecule has 1 saturated carbocycles. The predicted octanol–water partition coefficient (Wildman–Crippen LogP) is 2.29. The average molecular weight is 385 g/mol. The number of hydrogen-bond donors (Lipinski definition) is 2. The Labute approximate surface area is 167 Å². The lowest BCUT2D eigenvalue weighted by molar-refractivity contribution is -0.131. The molecule has 4 rings (SSSR count). The standard InChI is InChI=1S/C22H32N4O2/c1-22(2)19(17-10-12-28-20(17)22)25-21(23-3)24-11-6-9-18(27)26-13-15-7-4-5-8-16(15)14-26/h4-5,7-8,17,19-20H,6,9-14H2,1-3H3,(H2,23,24,25). The molecule has 1 aromatic carbocycles. The van der Waals surface area contributed by atoms with E-state index in [0.29, 0.717) is 24.5 Å². The Balaban J connectivity index is 1.19. The molecule has 28 heavy (non-hydrogen) atoms. The van der Waals surface area contributed by atoms with Crippen LogP contribution < -0.4 is 10.6 Å². The molecule has 0 bridgehead atoms. The van der Waals surface area contributed by atoms with Gasteiger partial charge in [-0.05, 0) is 24.0 Å². The Bertz CT molecular complexity index is 736. The van der Waals surface area contributed by atoms with Gasteiger partial charge in [0, 0.05) is 57.1 Å². The van der Waals surface area contributed by atoms with Crippen LogP contribution in [-0.4, -0.2) is 49.1 Å². The zero-order chi connectivity index (χ0) is 19.7. The van der Waals surface area contributed by atoms with E-state index in [1.54, 1.807) is 7.05 Å². The van der Waals surface area contributed by atoms with Crippen molar-refractivity contribution in [3.8, 4) is 0 Å². The first-order valence-electron chi connectivity index (χ1n) is 10.4. The van der Waals surface area contributed by atoms with Gasteiger partial charge >= 0.3 is 0 Å². The van der Waals surface area contributed by atoms with E-state index in [9.17, 15) is 4.79 Å². The van der Waals surface area contributed by atoms with E-state index < -0.39 is 0 Å². The van der Waals surface area contributed by atoms with Crippen LogP contribution >= 0.6 is 0 Å². The number of benzene rings is 1. The zero-order valence-electron chi connectivity index (χ0n) is 17.2. The van der Waals surface area contributed by atoms with Gasteiger partial charge in [0.2, 0.25) is 5.91 Å². The van der Waals surface area contributed by atoms with E-state index in [4.69, 9.17) is 4.74 Å². The highest BCUT2D eigenvalue weighted by atomic mass is 16.5. The Morgan fingerprint density at radius 3 is 2.68 bits per heavy atom. The number of guanidine groups is 1. The minimum atomic E-state index is 0.125. The lowest BCUT2D eigenvalue weighted by atomic mass is 9.57. The van der Waals surface area contributed by atoms with Crippen molar-refractivity contribution in [1.29, 1.82) is 0 Å². The van der Waals surface area contributed by atoms with Crippen LogP contribution in [0.3, 0.4) is 0 Å². The summed E-state index contributed by atoms with van der Waals surface area (Å²) in [4.78, 5) is 18.8. The van der Waals surface area contributed by atoms with Crippen LogP contribution in [0.1, 0.15) is 44.2 Å². The molecule has 2 aliphatic heterocycles. The summed E-state index contributed by atoms with van der Waals surface area (Å²) in [6.45, 7) is 7.61. The Morgan fingerprint density at radius 2 is 2.00 bits per heavy atom. The first-order chi connectivity index (χ1) is 13.5. The number of nitrogens with one attached hydrogen (secondary N) is 2. The summed E-state index contributed by atoms with van der Waals surface area (Å²) >= 11 is 0. The molecule has 152 valence electrons. The normalized spacial score (nSPS) is 27.8. The van der Waals surface area contributed by atoms with E-state index in [1.165, 1.54) is 11.1 Å². The van der Waals surface area contributed by atoms with Crippen molar-refractivity contribution in [2.75, 3.05) is 20.2 Å². The molecule has 2 fully saturated rings. The second-order valence-electron chi connectivity index (χ2n) is 8.81. The smallest absolute Gasteiger partial charge is 0.223 e. The van der Waals surface area contributed by atoms with Gasteiger partial charge in [-0.3, -0.25) is 9.79 Å². The Hall–Kier alpha value is -2.08. The van der Waals surface area contributed by atoms with Crippen molar-refractivity contribution in [2.45, 2.75) is 58.3 Å². The minimum absolute atomic E-state index is 0.125. The number of ether oxygens (including phenoxy) is 1. The molecule has 3 atom stereocenters. The second kappa shape index (κ2) is 7.74. The van der Waals surface area contributed by atoms with Crippen molar-refractivity contribution in [1.82, 2.24) is 15.5 Å². The van der Waals surface area contributed by atoms with Gasteiger partial charge in [-0.1, -0.05) is 38.1 Å². The zero-order valence-corrected chi connectivity index (χ0v) is 17.2. The van der Waals surface area contributed by atoms with Crippen molar-refractivity contribution < 1.29 is 9.53 Å². The molecule has 3 aliphatic rings. The van der Waals surface area contributed by atoms with Crippen LogP contribution in [0.2, 0.25) is 0 Å². The molecule has 6 nitrogen and oxygen atoms in total. The third-order valence-electron chi connectivity index (χ3n) is 6.67. The quantitative estimate of drug-likeness (QED) is 0.464. The monoisotopic (exact) mass is 384 g/mol. The lowest BCUT2D eigenvalue weighted by Crippen LogP contribution is -2.67. The molecule has 3 unspecified atom stereocenters. The SMILES string of the molecule is CN=C(NCCCC(=O)N1Cc2ccccc2C1)NC1C2CCOC2C1(C)C. The fourth-order valence-electron chi connectivity index (χ4n) is 5.07. The number of amides is 1. The van der Waals surface area contributed by atoms with Gasteiger partial charge in [0.25, 0.3) is 0 Å². The molecular formula is C22H32N4O2. The van der Waals surface area contributed by atoms with Crippen LogP contribution in [0.15, 0.2) is 29.3 Å². The van der Waals surface area contributed by atoms with Crippen LogP contribution in [0.5, 0.6) is 0 Å². The molecule has 0 spiro atoms. The highest BCUT2D eigenvalue weighted by molar-refractivity contribution is 5.80. The number of aliphatic imine (C=N–C) groups is 1. The number of nitrogens with zero attached hydrogens (tertiary/aromatic N) is 2. The fourth-order valence-corrected chi connectivity index (χ4v) is 5.07. The summed E-state index contributed by atoms with van der Waals surface area (Å²) in [5.41, 5.74) is 2.67. The maximum atomic E-state index is 12.5. The summed E-state index contributed by atoms with van der Waals surface area (Å²) < 4.78 is 5.87. The van der Waals surface area contributed by atoms with Crippen molar-refractivity contribution in [3.05, 3.63) is 35.4 Å². The number of hydrogen-bond acceptors (Lipinski definition) is 3. The Morgan fingerprint density at radius 1 is 1.29 bits per heavy atom. The molecule has 2 heterocycles. The van der Waals surface area contributed by atoms with Crippen LogP contribution in [-0.2, 0) is 22.6 Å². The van der Waals surface area contributed by atoms with E-state index >= 15 is 0 Å². The predicted molar refractivity (Wildman–Crippen MR) is 110 cm³/mol. The largest absolute Gasteiger partial charge is 0.377 e. The number of fused-ring (bicyclic) bond motifs is 2. The van der Waals surface area contributed by atoms with Crippen LogP contribution in [0.25, 0.3) is 0 Å². The molecule has 1 saturated heterocycles. The topological polar surface area (TPSA) is 66.0 Å². The molecule has 2 N–H and O–H groups in total. The van der Waals surface area contributed by atoms with Gasteiger partial charge < -0.3 is 20.3 Å². The second-order valence-corrected chi connectivity index (χ2v) is 8.81. The van der Waals surface area contributed by atoms with E-state index in [2.05, 4.69) is 41.6 Å². The molecule has 6 heteroatoms. The van der Waals surface area contributed by atoms with Gasteiger partial charge in [-0.15, -0.1) is 0 Å². The summed E-state index contributed by atoms with van der Waals surface area (Å²) in [5, 5.41) is 6.96. The average Bonchev–Trinajstić information content (AvgIpc) is 3.32. The van der Waals surface area contributed by atoms with Gasteiger partial charge in [0.15, 0.2) is 5.96 Å². The number of carbonyl (C=O) groups excluding carboxylic acids is 1. The summed E-state index contributed by atoms with van der Waals surface area (Å²) in [6, 6.07) is 8.69. The first kappa shape index (κ1) is 19.2. The highest BCUT2D eigenvalue weighted by Gasteiger charge is 2.59. The third-order valence-corrected chi connectivity index (χ3v) is 6.67. The van der Waals surface area contributed by atoms with Gasteiger partial charge in [0.05, 0.1) is 6.10 Å². The maximum Gasteiger partial charge on any atom is 0.223 e. The van der Waals surface area contributed by atoms with E-state index in [1.807, 2.05) is 17.0 Å². The van der Waals surface area contributed by atoms with E-state index in [0.717, 1.165) is 45.0 Å². The maximum absolute atomic E-state index is 12.5. The lowest BCUT2D eigenvalue weighted by Gasteiger charge is -2.54. The number of carbonyl (C=O) groups is 1. The highest BCUT2D eigenvalue weighted by Crippen LogP contribution is 2.52. The van der Waals surface area contributed by atoms with Gasteiger partial charge in [-0.25, -0.2) is 0 Å². The minimum Gasteiger partial charge on any atom is -0.377 e. The Kier molecular flexibility index (Phi) is 5.32. The van der Waals surface area contributed by atoms with Gasteiger partial charge in [-0.2, -0.15) is 0 Å². The molecule has 1 amide bonds. The molecular weight excluding hydrogens is 352 g/mol. The summed E-state index contributed by atoms with van der Waals surface area (Å²) in [5.74, 6) is 1.63. The first-order valence-corrected chi connectivity index (χ1v) is 10.4. The van der Waals surface area contributed by atoms with E-state index in [-0.39, 0.29) is 11.3 Å².